The van der Waals surface area contributed by atoms with Crippen molar-refractivity contribution in [3.05, 3.63) is 46.8 Å². The van der Waals surface area contributed by atoms with E-state index in [-0.39, 0.29) is 12.0 Å². The molecule has 2 heterocycles. The average Bonchev–Trinajstić information content (AvgIpc) is 3.10. The van der Waals surface area contributed by atoms with Crippen molar-refractivity contribution in [2.45, 2.75) is 32.9 Å². The molecule has 24 heavy (non-hydrogen) atoms. The normalized spacial score (nSPS) is 16.1. The van der Waals surface area contributed by atoms with Crippen molar-refractivity contribution in [1.29, 1.82) is 0 Å². The number of aromatic nitrogens is 1. The lowest BCUT2D eigenvalue weighted by Crippen LogP contribution is -2.40. The topological polar surface area (TPSA) is 67.6 Å². The molecule has 6 heteroatoms. The Morgan fingerprint density at radius 1 is 1.38 bits per heavy atom. The number of hydrogen-bond acceptors (Lipinski definition) is 5. The van der Waals surface area contributed by atoms with Gasteiger partial charge in [-0.3, -0.25) is 9.69 Å². The second kappa shape index (κ2) is 7.05. The first-order valence-corrected chi connectivity index (χ1v) is 8.14. The molecular weight excluding hydrogens is 306 g/mol. The number of carbonyl (C=O) groups is 1. The Labute approximate surface area is 141 Å². The van der Waals surface area contributed by atoms with E-state index in [4.69, 9.17) is 9.26 Å². The number of nitrogens with zero attached hydrogens (tertiary/aromatic N) is 2. The van der Waals surface area contributed by atoms with Crippen LogP contribution in [0.3, 0.4) is 0 Å². The highest BCUT2D eigenvalue weighted by Gasteiger charge is 2.22. The van der Waals surface area contributed by atoms with Crippen molar-refractivity contribution in [2.24, 2.45) is 0 Å². The van der Waals surface area contributed by atoms with E-state index in [1.807, 2.05) is 44.0 Å². The number of ether oxygens (including phenoxy) is 1. The van der Waals surface area contributed by atoms with Crippen LogP contribution in [-0.4, -0.2) is 42.2 Å². The Balaban J connectivity index is 1.43. The molecule has 0 spiro atoms. The van der Waals surface area contributed by atoms with Crippen molar-refractivity contribution < 1.29 is 14.1 Å². The minimum absolute atomic E-state index is 0.0104. The van der Waals surface area contributed by atoms with Crippen molar-refractivity contribution in [2.75, 3.05) is 20.1 Å². The van der Waals surface area contributed by atoms with E-state index in [1.165, 1.54) is 5.56 Å². The van der Waals surface area contributed by atoms with Crippen LogP contribution in [0.4, 0.5) is 0 Å². The molecule has 1 amide bonds. The minimum atomic E-state index is -0.0104. The van der Waals surface area contributed by atoms with Crippen molar-refractivity contribution >= 4 is 5.91 Å². The molecule has 1 atom stereocenters. The van der Waals surface area contributed by atoms with Gasteiger partial charge in [0.05, 0.1) is 18.8 Å². The van der Waals surface area contributed by atoms with E-state index in [1.54, 1.807) is 0 Å². The lowest BCUT2D eigenvalue weighted by Gasteiger charge is -2.17. The van der Waals surface area contributed by atoms with Gasteiger partial charge in [0.25, 0.3) is 0 Å². The molecule has 0 aliphatic carbocycles. The van der Waals surface area contributed by atoms with Gasteiger partial charge < -0.3 is 14.6 Å². The van der Waals surface area contributed by atoms with E-state index in [9.17, 15) is 4.79 Å². The number of aryl methyl sites for hydroxylation is 2. The SMILES string of the molecule is Cc1noc(C)c1CN(C)CC(=O)NCC1Cc2ccccc2O1. The van der Waals surface area contributed by atoms with Crippen molar-refractivity contribution in [1.82, 2.24) is 15.4 Å². The molecule has 128 valence electrons. The van der Waals surface area contributed by atoms with Gasteiger partial charge in [-0.25, -0.2) is 0 Å². The summed E-state index contributed by atoms with van der Waals surface area (Å²) in [5.41, 5.74) is 3.11. The number of nitrogens with one attached hydrogen (secondary N) is 1. The maximum Gasteiger partial charge on any atom is 0.234 e. The maximum atomic E-state index is 12.1. The third kappa shape index (κ3) is 3.76. The Kier molecular flexibility index (Phi) is 4.85. The number of hydrogen-bond donors (Lipinski definition) is 1. The standard InChI is InChI=1S/C18H23N3O3/c1-12-16(13(2)24-20-12)10-21(3)11-18(22)19-9-15-8-14-6-4-5-7-17(14)23-15/h4-7,15H,8-11H2,1-3H3,(H,19,22). The zero-order chi connectivity index (χ0) is 17.1. The highest BCUT2D eigenvalue weighted by Crippen LogP contribution is 2.27. The van der Waals surface area contributed by atoms with E-state index < -0.39 is 0 Å². The molecule has 1 aromatic carbocycles. The molecule has 1 unspecified atom stereocenters. The first kappa shape index (κ1) is 16.5. The summed E-state index contributed by atoms with van der Waals surface area (Å²) in [6.07, 6.45) is 0.852. The highest BCUT2D eigenvalue weighted by atomic mass is 16.5. The molecule has 2 aromatic rings. The Hall–Kier alpha value is -2.34. The van der Waals surface area contributed by atoms with Gasteiger partial charge in [0.2, 0.25) is 5.91 Å². The largest absolute Gasteiger partial charge is 0.488 e. The first-order valence-electron chi connectivity index (χ1n) is 8.14. The maximum absolute atomic E-state index is 12.1. The van der Waals surface area contributed by atoms with E-state index >= 15 is 0 Å². The van der Waals surface area contributed by atoms with Gasteiger partial charge in [-0.2, -0.15) is 0 Å². The van der Waals surface area contributed by atoms with Crippen LogP contribution < -0.4 is 10.1 Å². The molecule has 0 fully saturated rings. The number of amides is 1. The van der Waals surface area contributed by atoms with E-state index in [2.05, 4.69) is 16.5 Å². The summed E-state index contributed by atoms with van der Waals surface area (Å²) in [6, 6.07) is 8.00. The van der Waals surface area contributed by atoms with Gasteiger partial charge in [0.15, 0.2) is 0 Å². The third-order valence-electron chi connectivity index (χ3n) is 4.26. The highest BCUT2D eigenvalue weighted by molar-refractivity contribution is 5.78. The quantitative estimate of drug-likeness (QED) is 0.876. The number of fused-ring (bicyclic) bond motifs is 1. The average molecular weight is 329 g/mol. The van der Waals surface area contributed by atoms with Crippen LogP contribution in [0.25, 0.3) is 0 Å². The second-order valence-corrected chi connectivity index (χ2v) is 6.33. The lowest BCUT2D eigenvalue weighted by atomic mass is 10.1. The summed E-state index contributed by atoms with van der Waals surface area (Å²) < 4.78 is 11.0. The Morgan fingerprint density at radius 3 is 2.88 bits per heavy atom. The molecule has 0 saturated heterocycles. The molecule has 1 N–H and O–H groups in total. The summed E-state index contributed by atoms with van der Waals surface area (Å²) in [5, 5.41) is 6.89. The van der Waals surface area contributed by atoms with Gasteiger partial charge >= 0.3 is 0 Å². The van der Waals surface area contributed by atoms with E-state index in [0.717, 1.165) is 29.2 Å². The van der Waals surface area contributed by atoms with Gasteiger partial charge in [0.1, 0.15) is 17.6 Å². The van der Waals surface area contributed by atoms with Crippen LogP contribution in [-0.2, 0) is 17.8 Å². The fourth-order valence-electron chi connectivity index (χ4n) is 2.95. The smallest absolute Gasteiger partial charge is 0.234 e. The first-order chi connectivity index (χ1) is 11.5. The predicted molar refractivity (Wildman–Crippen MR) is 89.9 cm³/mol. The number of rotatable bonds is 6. The molecule has 6 nitrogen and oxygen atoms in total. The predicted octanol–water partition coefficient (Wildman–Crippen LogP) is 1.84. The van der Waals surface area contributed by atoms with Crippen LogP contribution >= 0.6 is 0 Å². The second-order valence-electron chi connectivity index (χ2n) is 6.33. The van der Waals surface area contributed by atoms with Gasteiger partial charge in [-0.15, -0.1) is 0 Å². The fraction of sp³-hybridized carbons (Fsp3) is 0.444. The summed E-state index contributed by atoms with van der Waals surface area (Å²) in [5.74, 6) is 1.72. The fourth-order valence-corrected chi connectivity index (χ4v) is 2.95. The summed E-state index contributed by atoms with van der Waals surface area (Å²) in [6.45, 7) is 5.28. The summed E-state index contributed by atoms with van der Waals surface area (Å²) in [4.78, 5) is 14.1. The number of likely N-dealkylation sites (N-methyl/N-ethyl adjacent to an activating group) is 1. The van der Waals surface area contributed by atoms with Gasteiger partial charge in [-0.1, -0.05) is 23.4 Å². The summed E-state index contributed by atoms with van der Waals surface area (Å²) >= 11 is 0. The monoisotopic (exact) mass is 329 g/mol. The molecule has 0 bridgehead atoms. The van der Waals surface area contributed by atoms with Gasteiger partial charge in [-0.05, 0) is 32.5 Å². The molecule has 1 aliphatic heterocycles. The van der Waals surface area contributed by atoms with Crippen LogP contribution in [0.2, 0.25) is 0 Å². The molecule has 0 saturated carbocycles. The molecule has 1 aliphatic rings. The zero-order valence-electron chi connectivity index (χ0n) is 14.3. The van der Waals surface area contributed by atoms with Crippen LogP contribution in [0.15, 0.2) is 28.8 Å². The van der Waals surface area contributed by atoms with E-state index in [0.29, 0.717) is 19.6 Å². The van der Waals surface area contributed by atoms with Crippen LogP contribution in [0, 0.1) is 13.8 Å². The molecule has 3 rings (SSSR count). The van der Waals surface area contributed by atoms with Gasteiger partial charge in [0, 0.05) is 18.5 Å². The molecule has 1 aromatic heterocycles. The van der Waals surface area contributed by atoms with Crippen molar-refractivity contribution in [3.63, 3.8) is 0 Å². The Morgan fingerprint density at radius 2 is 2.17 bits per heavy atom. The number of carbonyl (C=O) groups excluding carboxylic acids is 1. The molecular formula is C18H23N3O3. The number of para-hydroxylation sites is 1. The van der Waals surface area contributed by atoms with Crippen LogP contribution in [0.1, 0.15) is 22.6 Å². The minimum Gasteiger partial charge on any atom is -0.488 e. The third-order valence-corrected chi connectivity index (χ3v) is 4.26. The lowest BCUT2D eigenvalue weighted by molar-refractivity contribution is -0.122. The van der Waals surface area contributed by atoms with Crippen LogP contribution in [0.5, 0.6) is 5.75 Å². The Bertz CT molecular complexity index is 682. The zero-order valence-corrected chi connectivity index (χ0v) is 14.3. The van der Waals surface area contributed by atoms with Crippen molar-refractivity contribution in [3.8, 4) is 5.75 Å². The number of benzene rings is 1. The summed E-state index contributed by atoms with van der Waals surface area (Å²) in [7, 11) is 1.91. The molecule has 0 radical (unpaired) electrons.